The highest BCUT2D eigenvalue weighted by Crippen LogP contribution is 2.23. The van der Waals surface area contributed by atoms with Crippen molar-refractivity contribution in [3.05, 3.63) is 21.4 Å². The van der Waals surface area contributed by atoms with Gasteiger partial charge in [-0.2, -0.15) is 0 Å². The second kappa shape index (κ2) is 5.67. The van der Waals surface area contributed by atoms with Gasteiger partial charge in [0.05, 0.1) is 4.88 Å². The Bertz CT molecular complexity index is 391. The molecular formula is C14H21NOS. The molecule has 2 rings (SSSR count). The van der Waals surface area contributed by atoms with E-state index in [0.717, 1.165) is 24.1 Å². The Morgan fingerprint density at radius 1 is 1.41 bits per heavy atom. The van der Waals surface area contributed by atoms with Gasteiger partial charge in [0.2, 0.25) is 0 Å². The Morgan fingerprint density at radius 3 is 2.71 bits per heavy atom. The first kappa shape index (κ1) is 12.6. The second-order valence-corrected chi connectivity index (χ2v) is 6.11. The van der Waals surface area contributed by atoms with Crippen LogP contribution >= 0.6 is 11.3 Å². The molecule has 0 radical (unpaired) electrons. The molecule has 0 aliphatic heterocycles. The highest BCUT2D eigenvalue weighted by atomic mass is 32.1. The molecule has 3 heteroatoms. The Labute approximate surface area is 107 Å². The normalized spacial score (nSPS) is 17.1. The number of hydrogen-bond donors (Lipinski definition) is 1. The molecule has 0 atom stereocenters. The van der Waals surface area contributed by atoms with Crippen LogP contribution in [0.2, 0.25) is 0 Å². The standard InChI is InChI=1S/C14H21NOS/c1-3-11-9-13(17-10(11)2)14(16)15-12-7-5-4-6-8-12/h9,12H,3-8H2,1-2H3,(H,15,16). The fourth-order valence-corrected chi connectivity index (χ4v) is 3.50. The highest BCUT2D eigenvalue weighted by molar-refractivity contribution is 7.14. The Morgan fingerprint density at radius 2 is 2.12 bits per heavy atom. The summed E-state index contributed by atoms with van der Waals surface area (Å²) in [4.78, 5) is 14.3. The van der Waals surface area contributed by atoms with Crippen LogP contribution in [0.1, 0.15) is 59.1 Å². The first-order valence-corrected chi connectivity index (χ1v) is 7.42. The van der Waals surface area contributed by atoms with Gasteiger partial charge in [0.1, 0.15) is 0 Å². The predicted octanol–water partition coefficient (Wildman–Crippen LogP) is 3.68. The lowest BCUT2D eigenvalue weighted by molar-refractivity contribution is 0.0932. The summed E-state index contributed by atoms with van der Waals surface area (Å²) in [5.41, 5.74) is 1.31. The minimum absolute atomic E-state index is 0.129. The van der Waals surface area contributed by atoms with E-state index in [-0.39, 0.29) is 5.91 Å². The third-order valence-electron chi connectivity index (χ3n) is 3.57. The molecule has 94 valence electrons. The van der Waals surface area contributed by atoms with Crippen LogP contribution in [-0.2, 0) is 6.42 Å². The van der Waals surface area contributed by atoms with Crippen LogP contribution in [0.4, 0.5) is 0 Å². The van der Waals surface area contributed by atoms with Crippen molar-refractivity contribution in [1.82, 2.24) is 5.32 Å². The molecule has 1 aliphatic carbocycles. The van der Waals surface area contributed by atoms with Crippen molar-refractivity contribution in [2.45, 2.75) is 58.4 Å². The third kappa shape index (κ3) is 3.09. The third-order valence-corrected chi connectivity index (χ3v) is 4.66. The lowest BCUT2D eigenvalue weighted by atomic mass is 9.95. The number of carbonyl (C=O) groups is 1. The van der Waals surface area contributed by atoms with Crippen molar-refractivity contribution in [2.24, 2.45) is 0 Å². The summed E-state index contributed by atoms with van der Waals surface area (Å²) in [6.07, 6.45) is 7.15. The highest BCUT2D eigenvalue weighted by Gasteiger charge is 2.18. The number of amides is 1. The monoisotopic (exact) mass is 251 g/mol. The second-order valence-electron chi connectivity index (χ2n) is 4.85. The van der Waals surface area contributed by atoms with Crippen molar-refractivity contribution in [3.63, 3.8) is 0 Å². The molecule has 1 aliphatic rings. The Balaban J connectivity index is 1.98. The Hall–Kier alpha value is -0.830. The van der Waals surface area contributed by atoms with E-state index in [0.29, 0.717) is 6.04 Å². The molecule has 0 aromatic carbocycles. The van der Waals surface area contributed by atoms with Crippen LogP contribution in [0.15, 0.2) is 6.07 Å². The maximum Gasteiger partial charge on any atom is 0.261 e. The van der Waals surface area contributed by atoms with Gasteiger partial charge >= 0.3 is 0 Å². The van der Waals surface area contributed by atoms with Gasteiger partial charge in [0.15, 0.2) is 0 Å². The molecule has 0 unspecified atom stereocenters. The molecule has 0 bridgehead atoms. The van der Waals surface area contributed by atoms with E-state index in [1.807, 2.05) is 0 Å². The molecule has 17 heavy (non-hydrogen) atoms. The average Bonchev–Trinajstić information content (AvgIpc) is 2.72. The lowest BCUT2D eigenvalue weighted by Gasteiger charge is -2.22. The van der Waals surface area contributed by atoms with Gasteiger partial charge in [-0.15, -0.1) is 11.3 Å². The zero-order chi connectivity index (χ0) is 12.3. The van der Waals surface area contributed by atoms with Crippen LogP contribution in [0.3, 0.4) is 0 Å². The summed E-state index contributed by atoms with van der Waals surface area (Å²) >= 11 is 1.62. The zero-order valence-electron chi connectivity index (χ0n) is 10.7. The maximum absolute atomic E-state index is 12.1. The average molecular weight is 251 g/mol. The number of thiophene rings is 1. The first-order valence-electron chi connectivity index (χ1n) is 6.61. The quantitative estimate of drug-likeness (QED) is 0.872. The van der Waals surface area contributed by atoms with E-state index in [9.17, 15) is 4.79 Å². The minimum Gasteiger partial charge on any atom is -0.349 e. The van der Waals surface area contributed by atoms with Gasteiger partial charge in [-0.1, -0.05) is 26.2 Å². The van der Waals surface area contributed by atoms with Crippen LogP contribution in [0.25, 0.3) is 0 Å². The van der Waals surface area contributed by atoms with Crippen molar-refractivity contribution in [2.75, 3.05) is 0 Å². The van der Waals surface area contributed by atoms with E-state index in [1.54, 1.807) is 11.3 Å². The van der Waals surface area contributed by atoms with E-state index < -0.39 is 0 Å². The molecular weight excluding hydrogens is 230 g/mol. The topological polar surface area (TPSA) is 29.1 Å². The van der Waals surface area contributed by atoms with Gasteiger partial charge in [-0.25, -0.2) is 0 Å². The zero-order valence-corrected chi connectivity index (χ0v) is 11.5. The number of rotatable bonds is 3. The summed E-state index contributed by atoms with van der Waals surface area (Å²) in [7, 11) is 0. The summed E-state index contributed by atoms with van der Waals surface area (Å²) in [6, 6.07) is 2.46. The van der Waals surface area contributed by atoms with Gasteiger partial charge in [0, 0.05) is 10.9 Å². The van der Waals surface area contributed by atoms with E-state index in [1.165, 1.54) is 29.7 Å². The van der Waals surface area contributed by atoms with E-state index >= 15 is 0 Å². The van der Waals surface area contributed by atoms with Crippen molar-refractivity contribution < 1.29 is 4.79 Å². The van der Waals surface area contributed by atoms with Gasteiger partial charge in [-0.3, -0.25) is 4.79 Å². The molecule has 1 saturated carbocycles. The van der Waals surface area contributed by atoms with Gasteiger partial charge in [0.25, 0.3) is 5.91 Å². The molecule has 0 saturated heterocycles. The molecule has 1 amide bonds. The predicted molar refractivity (Wildman–Crippen MR) is 72.8 cm³/mol. The van der Waals surface area contributed by atoms with Gasteiger partial charge in [-0.05, 0) is 37.8 Å². The number of nitrogens with one attached hydrogen (secondary N) is 1. The van der Waals surface area contributed by atoms with E-state index in [4.69, 9.17) is 0 Å². The van der Waals surface area contributed by atoms with Crippen molar-refractivity contribution in [1.29, 1.82) is 0 Å². The Kier molecular flexibility index (Phi) is 4.21. The molecule has 1 fully saturated rings. The number of carbonyl (C=O) groups excluding carboxylic acids is 1. The van der Waals surface area contributed by atoms with Gasteiger partial charge < -0.3 is 5.32 Å². The molecule has 1 N–H and O–H groups in total. The molecule has 0 spiro atoms. The number of hydrogen-bond acceptors (Lipinski definition) is 2. The smallest absolute Gasteiger partial charge is 0.261 e. The minimum atomic E-state index is 0.129. The summed E-state index contributed by atoms with van der Waals surface area (Å²) in [5.74, 6) is 0.129. The van der Waals surface area contributed by atoms with Crippen LogP contribution in [0, 0.1) is 6.92 Å². The molecule has 1 aromatic heterocycles. The van der Waals surface area contributed by atoms with Crippen molar-refractivity contribution >= 4 is 17.2 Å². The number of aryl methyl sites for hydroxylation is 2. The van der Waals surface area contributed by atoms with E-state index in [2.05, 4.69) is 25.2 Å². The molecule has 2 nitrogen and oxygen atoms in total. The fourth-order valence-electron chi connectivity index (χ4n) is 2.49. The largest absolute Gasteiger partial charge is 0.349 e. The first-order chi connectivity index (χ1) is 8.20. The molecule has 1 heterocycles. The summed E-state index contributed by atoms with van der Waals surface area (Å²) < 4.78 is 0. The van der Waals surface area contributed by atoms with Crippen LogP contribution < -0.4 is 5.32 Å². The maximum atomic E-state index is 12.1. The lowest BCUT2D eigenvalue weighted by Crippen LogP contribution is -2.35. The summed E-state index contributed by atoms with van der Waals surface area (Å²) in [5, 5.41) is 3.17. The SMILES string of the molecule is CCc1cc(C(=O)NC2CCCCC2)sc1C. The van der Waals surface area contributed by atoms with Crippen LogP contribution in [0.5, 0.6) is 0 Å². The summed E-state index contributed by atoms with van der Waals surface area (Å²) in [6.45, 7) is 4.23. The van der Waals surface area contributed by atoms with Crippen LogP contribution in [-0.4, -0.2) is 11.9 Å². The molecule has 1 aromatic rings. The fraction of sp³-hybridized carbons (Fsp3) is 0.643. The van der Waals surface area contributed by atoms with Crippen molar-refractivity contribution in [3.8, 4) is 0 Å².